The highest BCUT2D eigenvalue weighted by atomic mass is 32.2. The predicted molar refractivity (Wildman–Crippen MR) is 116 cm³/mol. The molecule has 0 bridgehead atoms. The molecule has 0 fully saturated rings. The molecule has 0 aliphatic heterocycles. The van der Waals surface area contributed by atoms with Gasteiger partial charge in [0, 0.05) is 22.4 Å². The number of nitrogen functional groups attached to an aromatic ring is 1. The molecular weight excluding hydrogens is 384 g/mol. The Morgan fingerprint density at radius 1 is 1.00 bits per heavy atom. The van der Waals surface area contributed by atoms with E-state index in [0.29, 0.717) is 23.2 Å². The SMILES string of the molecule is N=C(N)c1cccc(NCC#Cc2ccc(-c3ccccc3)c(S(N)(=O)=O)c2)c1. The predicted octanol–water partition coefficient (Wildman–Crippen LogP) is 2.75. The zero-order chi connectivity index (χ0) is 20.9. The molecule has 0 atom stereocenters. The Morgan fingerprint density at radius 2 is 1.76 bits per heavy atom. The van der Waals surface area contributed by atoms with Gasteiger partial charge in [0.05, 0.1) is 11.4 Å². The Hall–Kier alpha value is -3.60. The molecule has 0 spiro atoms. The van der Waals surface area contributed by atoms with Crippen molar-refractivity contribution in [3.05, 3.63) is 83.9 Å². The highest BCUT2D eigenvalue weighted by Crippen LogP contribution is 2.27. The second-order valence-electron chi connectivity index (χ2n) is 6.27. The van der Waals surface area contributed by atoms with Crippen LogP contribution in [0.5, 0.6) is 0 Å². The minimum absolute atomic E-state index is 0.00577. The molecule has 0 radical (unpaired) electrons. The molecule has 3 rings (SSSR count). The van der Waals surface area contributed by atoms with E-state index in [1.807, 2.05) is 36.4 Å². The quantitative estimate of drug-likeness (QED) is 0.297. The van der Waals surface area contributed by atoms with Crippen LogP contribution in [0.4, 0.5) is 5.69 Å². The van der Waals surface area contributed by atoms with E-state index in [0.717, 1.165) is 11.3 Å². The van der Waals surface area contributed by atoms with Gasteiger partial charge in [0.2, 0.25) is 10.0 Å². The Bertz CT molecular complexity index is 1210. The van der Waals surface area contributed by atoms with E-state index in [4.69, 9.17) is 16.3 Å². The van der Waals surface area contributed by atoms with Crippen LogP contribution in [0.25, 0.3) is 11.1 Å². The van der Waals surface area contributed by atoms with Gasteiger partial charge in [-0.15, -0.1) is 0 Å². The van der Waals surface area contributed by atoms with Crippen LogP contribution in [0.15, 0.2) is 77.7 Å². The molecule has 3 aromatic rings. The molecule has 146 valence electrons. The van der Waals surface area contributed by atoms with Gasteiger partial charge in [-0.2, -0.15) is 0 Å². The second-order valence-corrected chi connectivity index (χ2v) is 7.80. The van der Waals surface area contributed by atoms with Crippen molar-refractivity contribution < 1.29 is 8.42 Å². The summed E-state index contributed by atoms with van der Waals surface area (Å²) in [6.45, 7) is 0.340. The normalized spacial score (nSPS) is 10.7. The Balaban J connectivity index is 1.81. The third-order valence-corrected chi connectivity index (χ3v) is 5.11. The van der Waals surface area contributed by atoms with Gasteiger partial charge < -0.3 is 11.1 Å². The van der Waals surface area contributed by atoms with E-state index >= 15 is 0 Å². The van der Waals surface area contributed by atoms with E-state index in [-0.39, 0.29) is 10.7 Å². The molecule has 0 aliphatic carbocycles. The third-order valence-electron chi connectivity index (χ3n) is 4.16. The standard InChI is InChI=1S/C22H20N4O2S/c23-22(24)18-9-4-10-19(15-18)26-13-5-6-16-11-12-20(17-7-2-1-3-8-17)21(14-16)29(25,27)28/h1-4,7-12,14-15,26H,13H2,(H3,23,24)(H2,25,27,28). The monoisotopic (exact) mass is 404 g/mol. The Morgan fingerprint density at radius 3 is 2.45 bits per heavy atom. The highest BCUT2D eigenvalue weighted by molar-refractivity contribution is 7.89. The van der Waals surface area contributed by atoms with Crippen molar-refractivity contribution in [3.63, 3.8) is 0 Å². The molecule has 0 saturated heterocycles. The van der Waals surface area contributed by atoms with Gasteiger partial charge >= 0.3 is 0 Å². The first-order chi connectivity index (χ1) is 13.8. The number of nitrogens with two attached hydrogens (primary N) is 2. The number of anilines is 1. The Kier molecular flexibility index (Phi) is 5.98. The molecule has 0 heterocycles. The number of hydrogen-bond donors (Lipinski definition) is 4. The lowest BCUT2D eigenvalue weighted by atomic mass is 10.0. The number of primary sulfonamides is 1. The number of amidine groups is 1. The summed E-state index contributed by atoms with van der Waals surface area (Å²) in [5, 5.41) is 16.0. The van der Waals surface area contributed by atoms with Crippen LogP contribution in [0.2, 0.25) is 0 Å². The zero-order valence-corrected chi connectivity index (χ0v) is 16.3. The van der Waals surface area contributed by atoms with Crippen LogP contribution in [0.3, 0.4) is 0 Å². The van der Waals surface area contributed by atoms with Crippen LogP contribution in [-0.4, -0.2) is 20.8 Å². The topological polar surface area (TPSA) is 122 Å². The van der Waals surface area contributed by atoms with Gasteiger partial charge in [-0.25, -0.2) is 13.6 Å². The average molecular weight is 404 g/mol. The molecule has 3 aromatic carbocycles. The fourth-order valence-electron chi connectivity index (χ4n) is 2.78. The van der Waals surface area contributed by atoms with Gasteiger partial charge in [-0.05, 0) is 29.8 Å². The fourth-order valence-corrected chi connectivity index (χ4v) is 3.56. The van der Waals surface area contributed by atoms with E-state index in [1.54, 1.807) is 30.3 Å². The number of sulfonamides is 1. The lowest BCUT2D eigenvalue weighted by Gasteiger charge is -2.08. The van der Waals surface area contributed by atoms with Crippen molar-refractivity contribution in [2.24, 2.45) is 10.9 Å². The summed E-state index contributed by atoms with van der Waals surface area (Å²) in [6, 6.07) is 21.3. The fraction of sp³-hybridized carbons (Fsp3) is 0.0455. The number of rotatable bonds is 5. The molecule has 0 amide bonds. The van der Waals surface area contributed by atoms with Crippen LogP contribution in [-0.2, 0) is 10.0 Å². The summed E-state index contributed by atoms with van der Waals surface area (Å²) in [4.78, 5) is 0.0395. The van der Waals surface area contributed by atoms with Crippen molar-refractivity contribution in [1.82, 2.24) is 0 Å². The van der Waals surface area contributed by atoms with E-state index in [2.05, 4.69) is 17.2 Å². The third kappa shape index (κ3) is 5.23. The molecular formula is C22H20N4O2S. The van der Waals surface area contributed by atoms with Gasteiger partial charge in [-0.1, -0.05) is 60.4 Å². The first kappa shape index (κ1) is 20.1. The van der Waals surface area contributed by atoms with Crippen molar-refractivity contribution in [1.29, 1.82) is 5.41 Å². The van der Waals surface area contributed by atoms with E-state index in [9.17, 15) is 8.42 Å². The van der Waals surface area contributed by atoms with Crippen LogP contribution >= 0.6 is 0 Å². The smallest absolute Gasteiger partial charge is 0.238 e. The first-order valence-corrected chi connectivity index (χ1v) is 10.3. The lowest BCUT2D eigenvalue weighted by Crippen LogP contribution is -2.13. The zero-order valence-electron chi connectivity index (χ0n) is 15.5. The van der Waals surface area contributed by atoms with Gasteiger partial charge in [0.25, 0.3) is 0 Å². The molecule has 0 saturated carbocycles. The summed E-state index contributed by atoms with van der Waals surface area (Å²) in [5.41, 5.74) is 8.75. The number of hydrogen-bond acceptors (Lipinski definition) is 4. The molecule has 6 nitrogen and oxygen atoms in total. The summed E-state index contributed by atoms with van der Waals surface area (Å²) < 4.78 is 24.1. The summed E-state index contributed by atoms with van der Waals surface area (Å²) in [5.74, 6) is 5.89. The minimum atomic E-state index is -3.91. The summed E-state index contributed by atoms with van der Waals surface area (Å²) >= 11 is 0. The molecule has 0 aliphatic rings. The summed E-state index contributed by atoms with van der Waals surface area (Å²) in [6.07, 6.45) is 0. The van der Waals surface area contributed by atoms with Crippen molar-refractivity contribution in [2.45, 2.75) is 4.90 Å². The number of nitrogens with one attached hydrogen (secondary N) is 2. The maximum atomic E-state index is 12.1. The highest BCUT2D eigenvalue weighted by Gasteiger charge is 2.15. The van der Waals surface area contributed by atoms with Gasteiger partial charge in [0.15, 0.2) is 0 Å². The van der Waals surface area contributed by atoms with Crippen molar-refractivity contribution in [2.75, 3.05) is 11.9 Å². The maximum absolute atomic E-state index is 12.1. The minimum Gasteiger partial charge on any atom is -0.384 e. The summed E-state index contributed by atoms with van der Waals surface area (Å²) in [7, 11) is -3.91. The first-order valence-electron chi connectivity index (χ1n) is 8.74. The maximum Gasteiger partial charge on any atom is 0.238 e. The average Bonchev–Trinajstić information content (AvgIpc) is 2.71. The molecule has 0 aromatic heterocycles. The number of benzene rings is 3. The second kappa shape index (κ2) is 8.61. The molecule has 29 heavy (non-hydrogen) atoms. The van der Waals surface area contributed by atoms with Crippen molar-refractivity contribution in [3.8, 4) is 23.0 Å². The molecule has 6 N–H and O–H groups in total. The van der Waals surface area contributed by atoms with Gasteiger partial charge in [-0.3, -0.25) is 5.41 Å². The molecule has 7 heteroatoms. The van der Waals surface area contributed by atoms with E-state index in [1.165, 1.54) is 6.07 Å². The molecule has 0 unspecified atom stereocenters. The van der Waals surface area contributed by atoms with Crippen LogP contribution in [0, 0.1) is 17.3 Å². The Labute approximate surface area is 170 Å². The van der Waals surface area contributed by atoms with Gasteiger partial charge in [0.1, 0.15) is 5.84 Å². The lowest BCUT2D eigenvalue weighted by molar-refractivity contribution is 0.598. The largest absolute Gasteiger partial charge is 0.384 e. The van der Waals surface area contributed by atoms with Crippen molar-refractivity contribution >= 4 is 21.5 Å². The van der Waals surface area contributed by atoms with Crippen LogP contribution in [0.1, 0.15) is 11.1 Å². The van der Waals surface area contributed by atoms with E-state index < -0.39 is 10.0 Å². The van der Waals surface area contributed by atoms with Crippen LogP contribution < -0.4 is 16.2 Å².